The van der Waals surface area contributed by atoms with Crippen molar-refractivity contribution in [3.05, 3.63) is 29.8 Å². The lowest BCUT2D eigenvalue weighted by Gasteiger charge is -2.23. The second kappa shape index (κ2) is 4.98. The number of benzene rings is 1. The standard InChI is InChI=1S/C14H18N2O2/c17-14(16-6-3-8-18-9-7-16)13-10-11-4-1-2-5-12(11)15-13/h1-2,4-5,13,15H,3,6-10H2. The van der Waals surface area contributed by atoms with Gasteiger partial charge in [0.1, 0.15) is 6.04 Å². The first-order valence-electron chi connectivity index (χ1n) is 6.55. The van der Waals surface area contributed by atoms with Gasteiger partial charge in [0, 0.05) is 31.8 Å². The molecule has 0 radical (unpaired) electrons. The molecule has 2 heterocycles. The molecule has 2 aliphatic heterocycles. The van der Waals surface area contributed by atoms with Crippen molar-refractivity contribution >= 4 is 11.6 Å². The number of fused-ring (bicyclic) bond motifs is 1. The van der Waals surface area contributed by atoms with Gasteiger partial charge < -0.3 is 15.0 Å². The number of hydrogen-bond donors (Lipinski definition) is 1. The van der Waals surface area contributed by atoms with Crippen LogP contribution in [0, 0.1) is 0 Å². The first kappa shape index (κ1) is 11.5. The molecule has 0 aromatic heterocycles. The summed E-state index contributed by atoms with van der Waals surface area (Å²) >= 11 is 0. The fourth-order valence-electron chi connectivity index (χ4n) is 2.63. The Morgan fingerprint density at radius 2 is 2.17 bits per heavy atom. The minimum atomic E-state index is -0.0968. The summed E-state index contributed by atoms with van der Waals surface area (Å²) in [6.07, 6.45) is 1.73. The van der Waals surface area contributed by atoms with Crippen molar-refractivity contribution in [3.8, 4) is 0 Å². The summed E-state index contributed by atoms with van der Waals surface area (Å²) in [5.41, 5.74) is 2.34. The van der Waals surface area contributed by atoms with E-state index in [0.29, 0.717) is 13.2 Å². The molecule has 96 valence electrons. The van der Waals surface area contributed by atoms with Crippen LogP contribution in [0.1, 0.15) is 12.0 Å². The summed E-state index contributed by atoms with van der Waals surface area (Å²) in [6, 6.07) is 8.04. The monoisotopic (exact) mass is 246 g/mol. The van der Waals surface area contributed by atoms with Gasteiger partial charge in [-0.1, -0.05) is 18.2 Å². The number of para-hydroxylation sites is 1. The molecule has 2 aliphatic rings. The van der Waals surface area contributed by atoms with Crippen molar-refractivity contribution in [3.63, 3.8) is 0 Å². The summed E-state index contributed by atoms with van der Waals surface area (Å²) < 4.78 is 5.39. The van der Waals surface area contributed by atoms with Crippen molar-refractivity contribution in [1.82, 2.24) is 4.90 Å². The molecule has 18 heavy (non-hydrogen) atoms. The van der Waals surface area contributed by atoms with Gasteiger partial charge in [0.2, 0.25) is 5.91 Å². The summed E-state index contributed by atoms with van der Waals surface area (Å²) in [6.45, 7) is 2.95. The molecule has 0 bridgehead atoms. The van der Waals surface area contributed by atoms with E-state index in [0.717, 1.165) is 31.7 Å². The average molecular weight is 246 g/mol. The number of nitrogens with one attached hydrogen (secondary N) is 1. The molecular formula is C14H18N2O2. The Labute approximate surface area is 107 Å². The maximum atomic E-state index is 12.4. The topological polar surface area (TPSA) is 41.6 Å². The minimum absolute atomic E-state index is 0.0968. The van der Waals surface area contributed by atoms with E-state index in [2.05, 4.69) is 11.4 Å². The van der Waals surface area contributed by atoms with E-state index in [1.807, 2.05) is 23.1 Å². The maximum absolute atomic E-state index is 12.4. The van der Waals surface area contributed by atoms with Crippen LogP contribution in [0.3, 0.4) is 0 Å². The first-order valence-corrected chi connectivity index (χ1v) is 6.55. The first-order chi connectivity index (χ1) is 8.84. The van der Waals surface area contributed by atoms with Crippen LogP contribution in [0.5, 0.6) is 0 Å². The fourth-order valence-corrected chi connectivity index (χ4v) is 2.63. The smallest absolute Gasteiger partial charge is 0.245 e. The highest BCUT2D eigenvalue weighted by atomic mass is 16.5. The predicted octanol–water partition coefficient (Wildman–Crippen LogP) is 1.27. The van der Waals surface area contributed by atoms with E-state index in [9.17, 15) is 4.79 Å². The van der Waals surface area contributed by atoms with Crippen LogP contribution in [-0.4, -0.2) is 43.2 Å². The Balaban J connectivity index is 1.68. The normalized spacial score (nSPS) is 23.1. The third-order valence-corrected chi connectivity index (χ3v) is 3.60. The van der Waals surface area contributed by atoms with E-state index in [4.69, 9.17) is 4.74 Å². The number of carbonyl (C=O) groups excluding carboxylic acids is 1. The lowest BCUT2D eigenvalue weighted by atomic mass is 10.1. The van der Waals surface area contributed by atoms with Crippen LogP contribution in [-0.2, 0) is 16.0 Å². The van der Waals surface area contributed by atoms with Gasteiger partial charge in [0.25, 0.3) is 0 Å². The number of anilines is 1. The summed E-state index contributed by atoms with van der Waals surface area (Å²) in [5, 5.41) is 3.32. The van der Waals surface area contributed by atoms with Crippen molar-refractivity contribution in [2.45, 2.75) is 18.9 Å². The Morgan fingerprint density at radius 1 is 1.28 bits per heavy atom. The van der Waals surface area contributed by atoms with Crippen molar-refractivity contribution in [1.29, 1.82) is 0 Å². The molecular weight excluding hydrogens is 228 g/mol. The van der Waals surface area contributed by atoms with Crippen molar-refractivity contribution < 1.29 is 9.53 Å². The Bertz CT molecular complexity index is 414. The third-order valence-electron chi connectivity index (χ3n) is 3.60. The van der Waals surface area contributed by atoms with E-state index >= 15 is 0 Å². The highest BCUT2D eigenvalue weighted by molar-refractivity contribution is 5.87. The molecule has 1 aromatic rings. The molecule has 0 saturated carbocycles. The van der Waals surface area contributed by atoms with Crippen LogP contribution in [0.25, 0.3) is 0 Å². The second-order valence-corrected chi connectivity index (χ2v) is 4.85. The van der Waals surface area contributed by atoms with E-state index < -0.39 is 0 Å². The highest BCUT2D eigenvalue weighted by Crippen LogP contribution is 2.26. The van der Waals surface area contributed by atoms with Crippen LogP contribution < -0.4 is 5.32 Å². The van der Waals surface area contributed by atoms with E-state index in [1.54, 1.807) is 0 Å². The number of rotatable bonds is 1. The minimum Gasteiger partial charge on any atom is -0.380 e. The third kappa shape index (κ3) is 2.20. The molecule has 1 N–H and O–H groups in total. The van der Waals surface area contributed by atoms with Crippen LogP contribution in [0.15, 0.2) is 24.3 Å². The quantitative estimate of drug-likeness (QED) is 0.811. The number of ether oxygens (including phenoxy) is 1. The zero-order valence-corrected chi connectivity index (χ0v) is 10.4. The number of carbonyl (C=O) groups is 1. The molecule has 1 atom stereocenters. The number of hydrogen-bond acceptors (Lipinski definition) is 3. The predicted molar refractivity (Wildman–Crippen MR) is 69.6 cm³/mol. The zero-order valence-electron chi connectivity index (χ0n) is 10.4. The van der Waals surface area contributed by atoms with Crippen molar-refractivity contribution in [2.75, 3.05) is 31.6 Å². The van der Waals surface area contributed by atoms with Crippen molar-refractivity contribution in [2.24, 2.45) is 0 Å². The Morgan fingerprint density at radius 3 is 3.06 bits per heavy atom. The number of nitrogens with zero attached hydrogens (tertiary/aromatic N) is 1. The fraction of sp³-hybridized carbons (Fsp3) is 0.500. The summed E-state index contributed by atoms with van der Waals surface area (Å²) in [4.78, 5) is 14.4. The summed E-state index contributed by atoms with van der Waals surface area (Å²) in [5.74, 6) is 0.205. The molecule has 4 nitrogen and oxygen atoms in total. The van der Waals surface area contributed by atoms with Gasteiger partial charge in [-0.05, 0) is 18.1 Å². The van der Waals surface area contributed by atoms with Gasteiger partial charge in [-0.15, -0.1) is 0 Å². The maximum Gasteiger partial charge on any atom is 0.245 e. The van der Waals surface area contributed by atoms with Crippen LogP contribution in [0.2, 0.25) is 0 Å². The Kier molecular flexibility index (Phi) is 3.19. The van der Waals surface area contributed by atoms with E-state index in [1.165, 1.54) is 5.56 Å². The molecule has 1 aromatic carbocycles. The van der Waals surface area contributed by atoms with Crippen LogP contribution >= 0.6 is 0 Å². The Hall–Kier alpha value is -1.55. The van der Waals surface area contributed by atoms with Gasteiger partial charge >= 0.3 is 0 Å². The van der Waals surface area contributed by atoms with Crippen LogP contribution in [0.4, 0.5) is 5.69 Å². The zero-order chi connectivity index (χ0) is 12.4. The lowest BCUT2D eigenvalue weighted by molar-refractivity contribution is -0.131. The highest BCUT2D eigenvalue weighted by Gasteiger charge is 2.30. The van der Waals surface area contributed by atoms with Gasteiger partial charge in [0.15, 0.2) is 0 Å². The van der Waals surface area contributed by atoms with Gasteiger partial charge in [-0.25, -0.2) is 0 Å². The average Bonchev–Trinajstić information content (AvgIpc) is 2.64. The van der Waals surface area contributed by atoms with Gasteiger partial charge in [0.05, 0.1) is 6.61 Å². The molecule has 0 spiro atoms. The molecule has 4 heteroatoms. The molecule has 1 amide bonds. The van der Waals surface area contributed by atoms with Gasteiger partial charge in [-0.3, -0.25) is 4.79 Å². The summed E-state index contributed by atoms with van der Waals surface area (Å²) in [7, 11) is 0. The lowest BCUT2D eigenvalue weighted by Crippen LogP contribution is -2.43. The largest absolute Gasteiger partial charge is 0.380 e. The SMILES string of the molecule is O=C(C1Cc2ccccc2N1)N1CCCOCC1. The number of amides is 1. The molecule has 3 rings (SSSR count). The molecule has 1 fully saturated rings. The van der Waals surface area contributed by atoms with E-state index in [-0.39, 0.29) is 11.9 Å². The molecule has 0 aliphatic carbocycles. The molecule has 1 saturated heterocycles. The second-order valence-electron chi connectivity index (χ2n) is 4.85. The van der Waals surface area contributed by atoms with Gasteiger partial charge in [-0.2, -0.15) is 0 Å². The molecule has 1 unspecified atom stereocenters.